The highest BCUT2D eigenvalue weighted by molar-refractivity contribution is 5.90. The van der Waals surface area contributed by atoms with E-state index in [1.165, 1.54) is 5.56 Å². The van der Waals surface area contributed by atoms with E-state index in [4.69, 9.17) is 0 Å². The Morgan fingerprint density at radius 1 is 0.966 bits per heavy atom. The average Bonchev–Trinajstić information content (AvgIpc) is 2.75. The molecule has 0 spiro atoms. The molecule has 1 aromatic carbocycles. The van der Waals surface area contributed by atoms with Crippen LogP contribution in [0.15, 0.2) is 48.8 Å². The zero-order valence-corrected chi connectivity index (χ0v) is 16.5. The number of hydrogen-bond donors (Lipinski definition) is 1. The highest BCUT2D eigenvalue weighted by Gasteiger charge is 2.24. The highest BCUT2D eigenvalue weighted by atomic mass is 16.2. The molecule has 0 saturated carbocycles. The van der Waals surface area contributed by atoms with Gasteiger partial charge in [0.05, 0.1) is 0 Å². The van der Waals surface area contributed by atoms with Crippen LogP contribution in [0.4, 0.5) is 17.3 Å². The van der Waals surface area contributed by atoms with Gasteiger partial charge in [0.25, 0.3) is 5.91 Å². The quantitative estimate of drug-likeness (QED) is 0.734. The van der Waals surface area contributed by atoms with Crippen molar-refractivity contribution in [1.82, 2.24) is 24.8 Å². The second-order valence-electron chi connectivity index (χ2n) is 7.00. The summed E-state index contributed by atoms with van der Waals surface area (Å²) in [4.78, 5) is 33.7. The summed E-state index contributed by atoms with van der Waals surface area (Å²) >= 11 is 0. The summed E-state index contributed by atoms with van der Waals surface area (Å²) in [7, 11) is 0. The molecule has 1 aliphatic rings. The lowest BCUT2D eigenvalue weighted by molar-refractivity contribution is 0.0734. The number of benzene rings is 1. The van der Waals surface area contributed by atoms with Gasteiger partial charge >= 0.3 is 0 Å². The first-order valence-electron chi connectivity index (χ1n) is 9.59. The Balaban J connectivity index is 1.43. The van der Waals surface area contributed by atoms with E-state index in [2.05, 4.69) is 49.2 Å². The maximum Gasteiger partial charge on any atom is 0.291 e. The average molecular weight is 389 g/mol. The van der Waals surface area contributed by atoms with Crippen molar-refractivity contribution in [2.75, 3.05) is 36.4 Å². The van der Waals surface area contributed by atoms with Gasteiger partial charge in [0, 0.05) is 50.3 Å². The molecule has 148 valence electrons. The standard InChI is InChI=1S/C21H23N7O/c1-15-4-6-17(7-5-15)26-18-14-19(25-16(2)24-18)27-10-12-28(13-11-27)21(29)20-22-8-3-9-23-20/h3-9,14H,10-13H2,1-2H3,(H,24,25,26). The maximum atomic E-state index is 12.5. The fraction of sp³-hybridized carbons (Fsp3) is 0.286. The molecule has 0 atom stereocenters. The molecule has 1 aliphatic heterocycles. The van der Waals surface area contributed by atoms with Gasteiger partial charge in [-0.15, -0.1) is 0 Å². The minimum atomic E-state index is -0.133. The first-order chi connectivity index (χ1) is 14.1. The van der Waals surface area contributed by atoms with Gasteiger partial charge in [-0.2, -0.15) is 0 Å². The lowest BCUT2D eigenvalue weighted by Crippen LogP contribution is -2.49. The molecule has 1 fully saturated rings. The highest BCUT2D eigenvalue weighted by Crippen LogP contribution is 2.21. The minimum absolute atomic E-state index is 0.133. The van der Waals surface area contributed by atoms with Crippen LogP contribution >= 0.6 is 0 Å². The van der Waals surface area contributed by atoms with E-state index in [1.54, 1.807) is 23.4 Å². The third kappa shape index (κ3) is 4.48. The number of nitrogens with zero attached hydrogens (tertiary/aromatic N) is 6. The number of nitrogens with one attached hydrogen (secondary N) is 1. The Bertz CT molecular complexity index is 984. The summed E-state index contributed by atoms with van der Waals surface area (Å²) in [5, 5.41) is 3.34. The third-order valence-corrected chi connectivity index (χ3v) is 4.80. The van der Waals surface area contributed by atoms with E-state index in [1.807, 2.05) is 25.1 Å². The van der Waals surface area contributed by atoms with Crippen LogP contribution in [0.5, 0.6) is 0 Å². The van der Waals surface area contributed by atoms with Gasteiger partial charge in [-0.05, 0) is 32.0 Å². The fourth-order valence-corrected chi connectivity index (χ4v) is 3.25. The molecule has 1 N–H and O–H groups in total. The number of carbonyl (C=O) groups is 1. The van der Waals surface area contributed by atoms with Crippen molar-refractivity contribution >= 4 is 23.2 Å². The molecule has 4 rings (SSSR count). The van der Waals surface area contributed by atoms with E-state index < -0.39 is 0 Å². The number of hydrogen-bond acceptors (Lipinski definition) is 7. The van der Waals surface area contributed by atoms with Crippen molar-refractivity contribution in [2.24, 2.45) is 0 Å². The molecule has 3 aromatic rings. The van der Waals surface area contributed by atoms with Crippen molar-refractivity contribution < 1.29 is 4.79 Å². The van der Waals surface area contributed by atoms with E-state index >= 15 is 0 Å². The summed E-state index contributed by atoms with van der Waals surface area (Å²) in [5.41, 5.74) is 2.20. The van der Waals surface area contributed by atoms with Gasteiger partial charge in [0.1, 0.15) is 17.5 Å². The van der Waals surface area contributed by atoms with Crippen molar-refractivity contribution in [3.8, 4) is 0 Å². The summed E-state index contributed by atoms with van der Waals surface area (Å²) in [6.45, 7) is 6.53. The van der Waals surface area contributed by atoms with Crippen molar-refractivity contribution in [1.29, 1.82) is 0 Å². The van der Waals surface area contributed by atoms with Gasteiger partial charge in [-0.1, -0.05) is 17.7 Å². The van der Waals surface area contributed by atoms with E-state index in [0.717, 1.165) is 17.3 Å². The number of anilines is 3. The zero-order chi connectivity index (χ0) is 20.2. The number of carbonyl (C=O) groups excluding carboxylic acids is 1. The van der Waals surface area contributed by atoms with Crippen LogP contribution in [0.1, 0.15) is 22.0 Å². The Kier molecular flexibility index (Phi) is 5.33. The molecule has 0 unspecified atom stereocenters. The molecular weight excluding hydrogens is 366 g/mol. The third-order valence-electron chi connectivity index (χ3n) is 4.80. The summed E-state index contributed by atoms with van der Waals surface area (Å²) in [6, 6.07) is 11.8. The van der Waals surface area contributed by atoms with Crippen molar-refractivity contribution in [3.05, 3.63) is 66.0 Å². The van der Waals surface area contributed by atoms with Gasteiger partial charge < -0.3 is 15.1 Å². The molecule has 3 heterocycles. The van der Waals surface area contributed by atoms with Crippen LogP contribution in [0.3, 0.4) is 0 Å². The number of aromatic nitrogens is 4. The van der Waals surface area contributed by atoms with Crippen molar-refractivity contribution in [3.63, 3.8) is 0 Å². The molecule has 8 heteroatoms. The second-order valence-corrected chi connectivity index (χ2v) is 7.00. The van der Waals surface area contributed by atoms with Crippen LogP contribution in [-0.4, -0.2) is 56.9 Å². The topological polar surface area (TPSA) is 87.1 Å². The molecule has 29 heavy (non-hydrogen) atoms. The number of aryl methyl sites for hydroxylation is 2. The van der Waals surface area contributed by atoms with Crippen LogP contribution in [-0.2, 0) is 0 Å². The maximum absolute atomic E-state index is 12.5. The lowest BCUT2D eigenvalue weighted by Gasteiger charge is -2.35. The summed E-state index contributed by atoms with van der Waals surface area (Å²) < 4.78 is 0. The molecular formula is C21H23N7O. The van der Waals surface area contributed by atoms with Crippen LogP contribution in [0.25, 0.3) is 0 Å². The molecule has 1 amide bonds. The largest absolute Gasteiger partial charge is 0.353 e. The Labute approximate surface area is 169 Å². The molecule has 0 bridgehead atoms. The zero-order valence-electron chi connectivity index (χ0n) is 16.5. The second kappa shape index (κ2) is 8.22. The number of piperazine rings is 1. The fourth-order valence-electron chi connectivity index (χ4n) is 3.25. The number of amides is 1. The normalized spacial score (nSPS) is 14.0. The summed E-state index contributed by atoms with van der Waals surface area (Å²) in [6.07, 6.45) is 3.17. The Morgan fingerprint density at radius 3 is 2.34 bits per heavy atom. The molecule has 8 nitrogen and oxygen atoms in total. The van der Waals surface area contributed by atoms with Gasteiger partial charge in [-0.25, -0.2) is 19.9 Å². The Hall–Kier alpha value is -3.55. The molecule has 1 saturated heterocycles. The smallest absolute Gasteiger partial charge is 0.291 e. The minimum Gasteiger partial charge on any atom is -0.353 e. The van der Waals surface area contributed by atoms with Gasteiger partial charge in [0.2, 0.25) is 5.82 Å². The molecule has 0 radical (unpaired) electrons. The lowest BCUT2D eigenvalue weighted by atomic mass is 10.2. The van der Waals surface area contributed by atoms with Crippen molar-refractivity contribution in [2.45, 2.75) is 13.8 Å². The van der Waals surface area contributed by atoms with Crippen LogP contribution in [0.2, 0.25) is 0 Å². The predicted octanol–water partition coefficient (Wildman–Crippen LogP) is 2.59. The summed E-state index contributed by atoms with van der Waals surface area (Å²) in [5.74, 6) is 2.42. The SMILES string of the molecule is Cc1ccc(Nc2cc(N3CCN(C(=O)c4ncccn4)CC3)nc(C)n2)cc1. The predicted molar refractivity (Wildman–Crippen MR) is 111 cm³/mol. The van der Waals surface area contributed by atoms with Crippen LogP contribution < -0.4 is 10.2 Å². The Morgan fingerprint density at radius 2 is 1.66 bits per heavy atom. The van der Waals surface area contributed by atoms with Gasteiger partial charge in [0.15, 0.2) is 0 Å². The molecule has 0 aliphatic carbocycles. The first-order valence-corrected chi connectivity index (χ1v) is 9.59. The number of rotatable bonds is 4. The van der Waals surface area contributed by atoms with E-state index in [9.17, 15) is 4.79 Å². The van der Waals surface area contributed by atoms with Gasteiger partial charge in [-0.3, -0.25) is 4.79 Å². The first kappa shape index (κ1) is 18.8. The van der Waals surface area contributed by atoms with Crippen LogP contribution in [0, 0.1) is 13.8 Å². The molecule has 2 aromatic heterocycles. The van der Waals surface area contributed by atoms with E-state index in [-0.39, 0.29) is 11.7 Å². The van der Waals surface area contributed by atoms with E-state index in [0.29, 0.717) is 32.0 Å². The monoisotopic (exact) mass is 389 g/mol.